The summed E-state index contributed by atoms with van der Waals surface area (Å²) in [6, 6.07) is 28.0. The second kappa shape index (κ2) is 24.5. The van der Waals surface area contributed by atoms with Crippen LogP contribution in [-0.4, -0.2) is 95.8 Å². The number of amides is 4. The zero-order valence-electron chi connectivity index (χ0n) is 47.6. The Kier molecular flexibility index (Phi) is 16.9. The number of hydrogen-bond donors (Lipinski definition) is 0. The third-order valence-electron chi connectivity index (χ3n) is 14.6. The average molecular weight is 1270 g/mol. The van der Waals surface area contributed by atoms with Crippen molar-refractivity contribution in [1.82, 2.24) is 9.80 Å². The van der Waals surface area contributed by atoms with E-state index in [0.717, 1.165) is 9.80 Å². The average Bonchev–Trinajstić information content (AvgIpc) is 0.698. The number of nitrogens with zero attached hydrogens (tertiary/aromatic N) is 2. The van der Waals surface area contributed by atoms with Gasteiger partial charge in [0, 0.05) is 63.2 Å². The number of hydrogen-bond acceptors (Lipinski definition) is 16. The zero-order chi connectivity index (χ0) is 62.6. The number of imide groups is 2. The number of ether oxygens (including phenoxy) is 8. The standard InChI is InChI=1S/C66H50Cl4N2O16/c1-31(2)63(77)81-19-21-83-65(79)33(5)71-59(73)43-27-47(85-39-15-7-11-35(67)23-39)53-55-49(87-41-17-9-13-37(69)25-41)29-45-52-46(62(76)72(61(45)75)34(6)66(80)84-22-20-82-64(78)32(3)4)30-50(88-42-18-10-14-38(70)26-42)56(58(52)55)54-48(86-40-16-8-12-36(68)24-40)28-44(60(71)74)51(43)57(53)54/h7-18,23-34H,19-22H2,1-6H3. The Morgan fingerprint density at radius 2 is 0.580 bits per heavy atom. The van der Waals surface area contributed by atoms with Crippen molar-refractivity contribution in [3.05, 3.63) is 164 Å². The van der Waals surface area contributed by atoms with Crippen molar-refractivity contribution < 1.29 is 76.3 Å². The second-order valence-corrected chi connectivity index (χ2v) is 23.0. The lowest BCUT2D eigenvalue weighted by Gasteiger charge is -2.34. The molecule has 18 nitrogen and oxygen atoms in total. The number of fused-ring (bicyclic) bond motifs is 2. The Hall–Kier alpha value is -9.20. The highest BCUT2D eigenvalue weighted by Crippen LogP contribution is 2.58. The second-order valence-electron chi connectivity index (χ2n) is 21.2. The lowest BCUT2D eigenvalue weighted by atomic mass is 9.80. The van der Waals surface area contributed by atoms with Gasteiger partial charge in [-0.15, -0.1) is 0 Å². The number of benzene rings is 9. The first-order valence-corrected chi connectivity index (χ1v) is 29.1. The van der Waals surface area contributed by atoms with Crippen molar-refractivity contribution in [3.63, 3.8) is 0 Å². The summed E-state index contributed by atoms with van der Waals surface area (Å²) in [5.41, 5.74) is -0.574. The van der Waals surface area contributed by atoms with Crippen molar-refractivity contribution in [3.8, 4) is 46.0 Å². The van der Waals surface area contributed by atoms with Gasteiger partial charge in [-0.25, -0.2) is 9.59 Å². The molecule has 2 heterocycles. The van der Waals surface area contributed by atoms with E-state index in [-0.39, 0.29) is 158 Å². The summed E-state index contributed by atoms with van der Waals surface area (Å²) in [6.45, 7) is 7.83. The van der Waals surface area contributed by atoms with Gasteiger partial charge < -0.3 is 37.9 Å². The predicted molar refractivity (Wildman–Crippen MR) is 327 cm³/mol. The van der Waals surface area contributed by atoms with Gasteiger partial charge in [0.1, 0.15) is 84.5 Å². The van der Waals surface area contributed by atoms with E-state index in [1.54, 1.807) is 100 Å². The molecule has 2 aliphatic rings. The molecule has 0 aromatic heterocycles. The molecular formula is C66H50Cl4N2O16. The molecule has 0 bridgehead atoms. The lowest BCUT2D eigenvalue weighted by molar-refractivity contribution is -0.156. The summed E-state index contributed by atoms with van der Waals surface area (Å²) in [5, 5.41) is 1.90. The first-order chi connectivity index (χ1) is 42.1. The fraction of sp³-hybridized carbons (Fsp3) is 0.212. The molecule has 448 valence electrons. The Morgan fingerprint density at radius 1 is 0.341 bits per heavy atom. The Bertz CT molecular complexity index is 3930. The third-order valence-corrected chi connectivity index (χ3v) is 15.5. The maximum Gasteiger partial charge on any atom is 0.329 e. The maximum absolute atomic E-state index is 15.5. The van der Waals surface area contributed by atoms with Gasteiger partial charge in [0.05, 0.1) is 34.1 Å². The smallest absolute Gasteiger partial charge is 0.329 e. The molecule has 88 heavy (non-hydrogen) atoms. The van der Waals surface area contributed by atoms with Crippen LogP contribution in [-0.2, 0) is 38.1 Å². The quantitative estimate of drug-likeness (QED) is 0.0173. The van der Waals surface area contributed by atoms with Gasteiger partial charge in [-0.1, -0.05) is 98.4 Å². The highest BCUT2D eigenvalue weighted by atomic mass is 35.5. The normalized spacial score (nSPS) is 13.6. The summed E-state index contributed by atoms with van der Waals surface area (Å²) >= 11 is 26.5. The molecule has 11 rings (SSSR count). The molecular weight excluding hydrogens is 1220 g/mol. The minimum Gasteiger partial charge on any atom is -0.462 e. The monoisotopic (exact) mass is 1270 g/mol. The van der Waals surface area contributed by atoms with Gasteiger partial charge in [0.2, 0.25) is 0 Å². The van der Waals surface area contributed by atoms with Crippen LogP contribution in [0.5, 0.6) is 46.0 Å². The van der Waals surface area contributed by atoms with Crippen molar-refractivity contribution in [1.29, 1.82) is 0 Å². The summed E-state index contributed by atoms with van der Waals surface area (Å²) in [6.07, 6.45) is 0. The molecule has 2 unspecified atom stereocenters. The van der Waals surface area contributed by atoms with E-state index in [0.29, 0.717) is 0 Å². The van der Waals surface area contributed by atoms with E-state index in [1.807, 2.05) is 0 Å². The largest absolute Gasteiger partial charge is 0.462 e. The molecule has 0 aliphatic carbocycles. The molecule has 2 aliphatic heterocycles. The van der Waals surface area contributed by atoms with Crippen molar-refractivity contribution >= 4 is 137 Å². The number of carbonyl (C=O) groups is 8. The first-order valence-electron chi connectivity index (χ1n) is 27.6. The van der Waals surface area contributed by atoms with Gasteiger partial charge >= 0.3 is 23.9 Å². The van der Waals surface area contributed by atoms with Crippen molar-refractivity contribution in [2.75, 3.05) is 26.4 Å². The van der Waals surface area contributed by atoms with Gasteiger partial charge in [0.15, 0.2) is 0 Å². The summed E-state index contributed by atoms with van der Waals surface area (Å²) < 4.78 is 49.0. The fourth-order valence-electron chi connectivity index (χ4n) is 10.6. The molecule has 22 heteroatoms. The van der Waals surface area contributed by atoms with Gasteiger partial charge in [-0.05, 0) is 111 Å². The predicted octanol–water partition coefficient (Wildman–Crippen LogP) is 15.0. The van der Waals surface area contributed by atoms with Crippen molar-refractivity contribution in [2.45, 2.75) is 53.6 Å². The topological polar surface area (TPSA) is 217 Å². The van der Waals surface area contributed by atoms with E-state index < -0.39 is 71.4 Å². The number of carbonyl (C=O) groups excluding carboxylic acids is 8. The molecule has 0 fully saturated rings. The molecule has 4 amide bonds. The molecule has 9 aromatic rings. The summed E-state index contributed by atoms with van der Waals surface area (Å²) in [5.74, 6) is -7.44. The van der Waals surface area contributed by atoms with Crippen molar-refractivity contribution in [2.24, 2.45) is 11.8 Å². The van der Waals surface area contributed by atoms with Crippen LogP contribution in [0.2, 0.25) is 20.1 Å². The van der Waals surface area contributed by atoms with Gasteiger partial charge in [-0.2, -0.15) is 0 Å². The van der Waals surface area contributed by atoms with E-state index >= 15 is 19.2 Å². The van der Waals surface area contributed by atoms with E-state index in [4.69, 9.17) is 84.3 Å². The Labute approximate surface area is 521 Å². The summed E-state index contributed by atoms with van der Waals surface area (Å²) in [7, 11) is 0. The minimum absolute atomic E-state index is 0.0420. The zero-order valence-corrected chi connectivity index (χ0v) is 50.6. The lowest BCUT2D eigenvalue weighted by Crippen LogP contribution is -2.50. The minimum atomic E-state index is -1.58. The molecule has 0 radical (unpaired) electrons. The van der Waals surface area contributed by atoms with Gasteiger partial charge in [0.25, 0.3) is 23.6 Å². The van der Waals surface area contributed by atoms with Crippen LogP contribution in [0.1, 0.15) is 83.0 Å². The fourth-order valence-corrected chi connectivity index (χ4v) is 11.3. The summed E-state index contributed by atoms with van der Waals surface area (Å²) in [4.78, 5) is 116. The maximum atomic E-state index is 15.5. The van der Waals surface area contributed by atoms with E-state index in [2.05, 4.69) is 0 Å². The molecule has 0 saturated heterocycles. The van der Waals surface area contributed by atoms with Crippen LogP contribution in [0.3, 0.4) is 0 Å². The molecule has 0 spiro atoms. The highest BCUT2D eigenvalue weighted by Gasteiger charge is 2.45. The van der Waals surface area contributed by atoms with Gasteiger partial charge in [-0.3, -0.25) is 38.6 Å². The number of halogens is 4. The van der Waals surface area contributed by atoms with Crippen LogP contribution >= 0.6 is 46.4 Å². The van der Waals surface area contributed by atoms with E-state index in [1.165, 1.54) is 62.4 Å². The van der Waals surface area contributed by atoms with Crippen LogP contribution in [0.15, 0.2) is 121 Å². The van der Waals surface area contributed by atoms with E-state index in [9.17, 15) is 19.2 Å². The molecule has 9 aromatic carbocycles. The first kappa shape index (κ1) is 60.5. The Morgan fingerprint density at radius 3 is 0.807 bits per heavy atom. The number of esters is 4. The SMILES string of the molecule is CC(C)C(=O)OCCOC(=O)C(C)N1C(=O)c2cc(Oc3cccc(Cl)c3)c3c4c(Oc5cccc(Cl)c5)cc5c6c(cc(Oc7cccc(Cl)c7)c(c7c(Oc8cccc(Cl)c8)cc(c2c37)C1=O)c64)C(=O)N(C(C)C(=O)OCCOC(=O)C(C)C)C5=O. The molecule has 0 saturated carbocycles. The van der Waals surface area contributed by atoms with Crippen LogP contribution in [0.25, 0.3) is 43.1 Å². The number of rotatable bonds is 20. The van der Waals surface area contributed by atoms with Crippen LogP contribution in [0, 0.1) is 11.8 Å². The molecule has 2 atom stereocenters. The third kappa shape index (κ3) is 11.4. The van der Waals surface area contributed by atoms with Crippen LogP contribution in [0.4, 0.5) is 0 Å². The molecule has 0 N–H and O–H groups in total. The van der Waals surface area contributed by atoms with Crippen LogP contribution < -0.4 is 18.9 Å². The highest BCUT2D eigenvalue weighted by molar-refractivity contribution is 6.45. The Balaban J connectivity index is 1.25.